The zero-order chi connectivity index (χ0) is 17.6. The fraction of sp³-hybridized carbons (Fsp3) is 0.105. The van der Waals surface area contributed by atoms with Gasteiger partial charge in [-0.25, -0.2) is 0 Å². The lowest BCUT2D eigenvalue weighted by Crippen LogP contribution is -2.27. The molecule has 1 aromatic heterocycles. The lowest BCUT2D eigenvalue weighted by molar-refractivity contribution is -0.126. The Hall–Kier alpha value is -3.41. The minimum absolute atomic E-state index is 0.121. The van der Waals surface area contributed by atoms with Crippen LogP contribution >= 0.6 is 0 Å². The Labute approximate surface area is 145 Å². The van der Waals surface area contributed by atoms with E-state index in [9.17, 15) is 4.79 Å². The number of oxime groups is 1. The van der Waals surface area contributed by atoms with Gasteiger partial charge in [-0.1, -0.05) is 47.6 Å². The molecule has 0 saturated heterocycles. The Morgan fingerprint density at radius 2 is 1.84 bits per heavy atom. The van der Waals surface area contributed by atoms with Crippen LogP contribution in [0.5, 0.6) is 0 Å². The van der Waals surface area contributed by atoms with E-state index in [4.69, 9.17) is 10.6 Å². The van der Waals surface area contributed by atoms with Gasteiger partial charge in [0.05, 0.1) is 0 Å². The number of carbonyl (C=O) groups excluding carboxylic acids is 1. The van der Waals surface area contributed by atoms with E-state index >= 15 is 0 Å². The number of nitrogens with two attached hydrogens (primary N) is 1. The van der Waals surface area contributed by atoms with E-state index in [0.29, 0.717) is 11.4 Å². The van der Waals surface area contributed by atoms with E-state index in [1.54, 1.807) is 25.3 Å². The number of fused-ring (bicyclic) bond motifs is 1. The third kappa shape index (κ3) is 3.92. The lowest BCUT2D eigenvalue weighted by atomic mass is 10.1. The molecule has 3 N–H and O–H groups in total. The maximum atomic E-state index is 12.1. The average molecular weight is 334 g/mol. The number of aromatic nitrogens is 1. The fourth-order valence-electron chi connectivity index (χ4n) is 2.32. The van der Waals surface area contributed by atoms with Crippen LogP contribution in [0, 0.1) is 0 Å². The average Bonchev–Trinajstić information content (AvgIpc) is 2.66. The van der Waals surface area contributed by atoms with Crippen molar-refractivity contribution in [2.75, 3.05) is 5.32 Å². The van der Waals surface area contributed by atoms with E-state index in [1.807, 2.05) is 48.5 Å². The molecule has 1 heterocycles. The van der Waals surface area contributed by atoms with Crippen molar-refractivity contribution in [3.8, 4) is 0 Å². The molecule has 2 aromatic carbocycles. The van der Waals surface area contributed by atoms with E-state index in [-0.39, 0.29) is 11.7 Å². The highest BCUT2D eigenvalue weighted by atomic mass is 16.6. The van der Waals surface area contributed by atoms with Crippen LogP contribution in [0.25, 0.3) is 10.8 Å². The summed E-state index contributed by atoms with van der Waals surface area (Å²) in [6.07, 6.45) is 0.861. The van der Waals surface area contributed by atoms with E-state index in [0.717, 1.165) is 10.8 Å². The van der Waals surface area contributed by atoms with Crippen LogP contribution < -0.4 is 11.1 Å². The maximum absolute atomic E-state index is 12.1. The van der Waals surface area contributed by atoms with Gasteiger partial charge in [-0.3, -0.25) is 9.78 Å². The highest BCUT2D eigenvalue weighted by Gasteiger charge is 2.15. The Bertz CT molecular complexity index is 904. The molecule has 0 bridgehead atoms. The van der Waals surface area contributed by atoms with Gasteiger partial charge >= 0.3 is 0 Å². The predicted molar refractivity (Wildman–Crippen MR) is 98.1 cm³/mol. The second kappa shape index (κ2) is 7.44. The summed E-state index contributed by atoms with van der Waals surface area (Å²) in [4.78, 5) is 21.6. The third-order valence-electron chi connectivity index (χ3n) is 3.64. The third-order valence-corrected chi connectivity index (χ3v) is 3.64. The number of carbonyl (C=O) groups is 1. The Balaban J connectivity index is 1.71. The SMILES string of the molecule is C[C@H](O/N=C(\N)c1nccc2ccccc12)C(=O)Nc1ccccc1. The topological polar surface area (TPSA) is 89.6 Å². The molecular weight excluding hydrogens is 316 g/mol. The number of benzene rings is 2. The van der Waals surface area contributed by atoms with Crippen molar-refractivity contribution >= 4 is 28.2 Å². The molecule has 126 valence electrons. The summed E-state index contributed by atoms with van der Waals surface area (Å²) in [5, 5.41) is 8.50. The van der Waals surface area contributed by atoms with Gasteiger partial charge in [0.2, 0.25) is 6.10 Å². The first-order chi connectivity index (χ1) is 12.1. The second-order valence-corrected chi connectivity index (χ2v) is 5.46. The van der Waals surface area contributed by atoms with E-state index < -0.39 is 6.10 Å². The van der Waals surface area contributed by atoms with Crippen LogP contribution in [0.1, 0.15) is 12.6 Å². The molecule has 25 heavy (non-hydrogen) atoms. The quantitative estimate of drug-likeness (QED) is 0.426. The maximum Gasteiger partial charge on any atom is 0.267 e. The summed E-state index contributed by atoms with van der Waals surface area (Å²) in [6, 6.07) is 18.7. The highest BCUT2D eigenvalue weighted by molar-refractivity contribution is 6.07. The molecule has 0 radical (unpaired) electrons. The number of amidine groups is 1. The molecule has 0 fully saturated rings. The van der Waals surface area contributed by atoms with Gasteiger partial charge in [0.1, 0.15) is 5.69 Å². The van der Waals surface area contributed by atoms with Gasteiger partial charge in [-0.05, 0) is 30.5 Å². The largest absolute Gasteiger partial charge is 0.381 e. The molecule has 6 nitrogen and oxygen atoms in total. The Morgan fingerprint density at radius 3 is 2.64 bits per heavy atom. The Morgan fingerprint density at radius 1 is 1.12 bits per heavy atom. The molecule has 0 unspecified atom stereocenters. The number of nitrogens with one attached hydrogen (secondary N) is 1. The summed E-state index contributed by atoms with van der Waals surface area (Å²) >= 11 is 0. The van der Waals surface area contributed by atoms with Crippen LogP contribution in [0.4, 0.5) is 5.69 Å². The van der Waals surface area contributed by atoms with Crippen LogP contribution in [0.2, 0.25) is 0 Å². The molecule has 0 saturated carbocycles. The molecule has 1 amide bonds. The number of rotatable bonds is 5. The predicted octanol–water partition coefficient (Wildman–Crippen LogP) is 2.90. The summed E-state index contributed by atoms with van der Waals surface area (Å²) < 4.78 is 0. The highest BCUT2D eigenvalue weighted by Crippen LogP contribution is 2.16. The molecule has 6 heteroatoms. The van der Waals surface area contributed by atoms with Crippen molar-refractivity contribution in [1.82, 2.24) is 4.98 Å². The van der Waals surface area contributed by atoms with Gasteiger partial charge in [0, 0.05) is 17.3 Å². The summed E-state index contributed by atoms with van der Waals surface area (Å²) in [5.41, 5.74) is 7.21. The fourth-order valence-corrected chi connectivity index (χ4v) is 2.32. The number of anilines is 1. The number of hydrogen-bond acceptors (Lipinski definition) is 4. The zero-order valence-corrected chi connectivity index (χ0v) is 13.7. The van der Waals surface area contributed by atoms with Gasteiger partial charge in [-0.15, -0.1) is 0 Å². The molecule has 0 aliphatic carbocycles. The molecule has 3 rings (SSSR count). The van der Waals surface area contributed by atoms with Gasteiger partial charge < -0.3 is 15.9 Å². The number of hydrogen-bond donors (Lipinski definition) is 2. The van der Waals surface area contributed by atoms with Gasteiger partial charge in [0.15, 0.2) is 5.84 Å². The summed E-state index contributed by atoms with van der Waals surface area (Å²) in [6.45, 7) is 1.60. The van der Waals surface area contributed by atoms with Gasteiger partial charge in [0.25, 0.3) is 5.91 Å². The minimum Gasteiger partial charge on any atom is -0.381 e. The van der Waals surface area contributed by atoms with E-state index in [1.165, 1.54) is 0 Å². The van der Waals surface area contributed by atoms with Crippen LogP contribution in [-0.2, 0) is 9.63 Å². The lowest BCUT2D eigenvalue weighted by Gasteiger charge is -2.11. The van der Waals surface area contributed by atoms with Crippen LogP contribution in [-0.4, -0.2) is 22.8 Å². The zero-order valence-electron chi connectivity index (χ0n) is 13.7. The molecule has 3 aromatic rings. The van der Waals surface area contributed by atoms with Crippen molar-refractivity contribution in [3.63, 3.8) is 0 Å². The van der Waals surface area contributed by atoms with Crippen molar-refractivity contribution in [2.24, 2.45) is 10.9 Å². The number of amides is 1. The van der Waals surface area contributed by atoms with Crippen LogP contribution in [0.3, 0.4) is 0 Å². The number of nitrogens with zero attached hydrogens (tertiary/aromatic N) is 2. The van der Waals surface area contributed by atoms with E-state index in [2.05, 4.69) is 15.5 Å². The van der Waals surface area contributed by atoms with Crippen LogP contribution in [0.15, 0.2) is 72.0 Å². The molecule has 0 spiro atoms. The number of para-hydroxylation sites is 1. The second-order valence-electron chi connectivity index (χ2n) is 5.46. The van der Waals surface area contributed by atoms with Crippen molar-refractivity contribution < 1.29 is 9.63 Å². The number of pyridine rings is 1. The Kier molecular flexibility index (Phi) is 4.89. The monoisotopic (exact) mass is 334 g/mol. The first kappa shape index (κ1) is 16.4. The summed E-state index contributed by atoms with van der Waals surface area (Å²) in [7, 11) is 0. The molecule has 0 aliphatic rings. The van der Waals surface area contributed by atoms with Gasteiger partial charge in [-0.2, -0.15) is 0 Å². The van der Waals surface area contributed by atoms with Crippen molar-refractivity contribution in [1.29, 1.82) is 0 Å². The molecular formula is C19H18N4O2. The minimum atomic E-state index is -0.797. The standard InChI is InChI=1S/C19H18N4O2/c1-13(19(24)22-15-8-3-2-4-9-15)25-23-18(20)17-16-10-6-5-7-14(16)11-12-21-17/h2-13H,1H3,(H2,20,23)(H,22,24)/t13-/m0/s1. The smallest absolute Gasteiger partial charge is 0.267 e. The first-order valence-electron chi connectivity index (χ1n) is 7.84. The molecule has 1 atom stereocenters. The van der Waals surface area contributed by atoms with Crippen molar-refractivity contribution in [2.45, 2.75) is 13.0 Å². The first-order valence-corrected chi connectivity index (χ1v) is 7.84. The van der Waals surface area contributed by atoms with Crippen molar-refractivity contribution in [3.05, 3.63) is 72.6 Å². The normalized spacial score (nSPS) is 12.6. The summed E-state index contributed by atoms with van der Waals surface area (Å²) in [5.74, 6) is -0.190. The molecule has 0 aliphatic heterocycles.